The molecule has 0 amide bonds. The normalized spacial score (nSPS) is 14.0. The summed E-state index contributed by atoms with van der Waals surface area (Å²) in [7, 11) is 0. The Kier molecular flexibility index (Phi) is 3.13. The molecule has 1 aliphatic heterocycles. The minimum absolute atomic E-state index is 0.175. The van der Waals surface area contributed by atoms with Crippen LogP contribution in [0.25, 0.3) is 0 Å². The Bertz CT molecular complexity index is 616. The van der Waals surface area contributed by atoms with E-state index in [-0.39, 0.29) is 10.6 Å². The molecule has 0 radical (unpaired) electrons. The van der Waals surface area contributed by atoms with Crippen molar-refractivity contribution in [3.8, 4) is 0 Å². The molecule has 96 valence electrons. The zero-order valence-electron chi connectivity index (χ0n) is 10.2. The quantitative estimate of drug-likeness (QED) is 0.615. The second kappa shape index (κ2) is 4.93. The van der Waals surface area contributed by atoms with Gasteiger partial charge in [-0.05, 0) is 18.2 Å². The van der Waals surface area contributed by atoms with Gasteiger partial charge in [0.2, 0.25) is 0 Å². The van der Waals surface area contributed by atoms with Gasteiger partial charge in [-0.1, -0.05) is 24.3 Å². The van der Waals surface area contributed by atoms with Crippen molar-refractivity contribution < 1.29 is 4.92 Å². The summed E-state index contributed by atoms with van der Waals surface area (Å²) >= 11 is 1.67. The van der Waals surface area contributed by atoms with Crippen molar-refractivity contribution in [2.24, 2.45) is 0 Å². The number of benzene rings is 2. The average molecular weight is 272 g/mol. The van der Waals surface area contributed by atoms with Crippen molar-refractivity contribution in [2.75, 3.05) is 17.2 Å². The van der Waals surface area contributed by atoms with Gasteiger partial charge in [0.1, 0.15) is 5.69 Å². The minimum atomic E-state index is -0.305. The maximum absolute atomic E-state index is 11.2. The lowest BCUT2D eigenvalue weighted by molar-refractivity contribution is -0.384. The maximum Gasteiger partial charge on any atom is 0.294 e. The third kappa shape index (κ3) is 2.17. The highest BCUT2D eigenvalue weighted by molar-refractivity contribution is 7.99. The second-order valence-electron chi connectivity index (χ2n) is 4.22. The van der Waals surface area contributed by atoms with Gasteiger partial charge in [-0.2, -0.15) is 0 Å². The van der Waals surface area contributed by atoms with Crippen LogP contribution in [0.2, 0.25) is 0 Å². The number of rotatable bonds is 2. The highest BCUT2D eigenvalue weighted by Crippen LogP contribution is 2.44. The van der Waals surface area contributed by atoms with Gasteiger partial charge in [0.05, 0.1) is 4.92 Å². The summed E-state index contributed by atoms with van der Waals surface area (Å²) in [6, 6.07) is 15.1. The monoisotopic (exact) mass is 272 g/mol. The molecule has 0 saturated carbocycles. The van der Waals surface area contributed by atoms with Crippen LogP contribution in [0.5, 0.6) is 0 Å². The molecule has 1 heterocycles. The largest absolute Gasteiger partial charge is 0.334 e. The van der Waals surface area contributed by atoms with Crippen LogP contribution in [0.1, 0.15) is 0 Å². The highest BCUT2D eigenvalue weighted by Gasteiger charge is 2.27. The predicted octanol–water partition coefficient (Wildman–Crippen LogP) is 3.84. The summed E-state index contributed by atoms with van der Waals surface area (Å²) in [5.41, 5.74) is 1.89. The van der Waals surface area contributed by atoms with Crippen molar-refractivity contribution in [3.63, 3.8) is 0 Å². The summed E-state index contributed by atoms with van der Waals surface area (Å²) in [5.74, 6) is 0.934. The minimum Gasteiger partial charge on any atom is -0.334 e. The Morgan fingerprint density at radius 1 is 1.11 bits per heavy atom. The van der Waals surface area contributed by atoms with E-state index < -0.39 is 0 Å². The van der Waals surface area contributed by atoms with Crippen LogP contribution in [0.15, 0.2) is 53.4 Å². The molecule has 19 heavy (non-hydrogen) atoms. The molecule has 0 aliphatic carbocycles. The summed E-state index contributed by atoms with van der Waals surface area (Å²) in [6.07, 6.45) is 0. The summed E-state index contributed by atoms with van der Waals surface area (Å²) in [5, 5.41) is 11.2. The lowest BCUT2D eigenvalue weighted by atomic mass is 10.2. The Labute approximate surface area is 115 Å². The fourth-order valence-electron chi connectivity index (χ4n) is 2.27. The Morgan fingerprint density at radius 3 is 2.63 bits per heavy atom. The first kappa shape index (κ1) is 12.0. The number of para-hydroxylation sites is 2. The third-order valence-electron chi connectivity index (χ3n) is 3.08. The van der Waals surface area contributed by atoms with Gasteiger partial charge in [-0.15, -0.1) is 11.8 Å². The molecule has 0 fully saturated rings. The number of thioether (sulfide) groups is 1. The molecule has 0 spiro atoms. The zero-order valence-corrected chi connectivity index (χ0v) is 11.0. The highest BCUT2D eigenvalue weighted by atomic mass is 32.2. The number of fused-ring (bicyclic) bond motifs is 1. The Balaban J connectivity index is 2.16. The van der Waals surface area contributed by atoms with Crippen LogP contribution in [-0.2, 0) is 0 Å². The number of nitrogens with zero attached hydrogens (tertiary/aromatic N) is 2. The van der Waals surface area contributed by atoms with Crippen molar-refractivity contribution in [1.29, 1.82) is 0 Å². The molecule has 0 bridgehead atoms. The molecule has 3 rings (SSSR count). The summed E-state index contributed by atoms with van der Waals surface area (Å²) in [4.78, 5) is 13.9. The SMILES string of the molecule is O=[N+]([O-])c1cccc2c1N(c1ccccc1)CCS2. The molecule has 0 unspecified atom stereocenters. The van der Waals surface area contributed by atoms with Crippen LogP contribution in [0.4, 0.5) is 17.1 Å². The zero-order chi connectivity index (χ0) is 13.2. The van der Waals surface area contributed by atoms with Crippen molar-refractivity contribution in [3.05, 3.63) is 58.6 Å². The molecular formula is C14H12N2O2S. The van der Waals surface area contributed by atoms with Gasteiger partial charge < -0.3 is 4.90 Å². The predicted molar refractivity (Wildman–Crippen MR) is 77.3 cm³/mol. The fourth-order valence-corrected chi connectivity index (χ4v) is 3.29. The van der Waals surface area contributed by atoms with Crippen LogP contribution in [0.3, 0.4) is 0 Å². The number of nitro groups is 1. The van der Waals surface area contributed by atoms with Crippen LogP contribution < -0.4 is 4.90 Å². The Morgan fingerprint density at radius 2 is 1.89 bits per heavy atom. The number of hydrogen-bond acceptors (Lipinski definition) is 4. The lowest BCUT2D eigenvalue weighted by Crippen LogP contribution is -2.24. The molecule has 0 atom stereocenters. The summed E-state index contributed by atoms with van der Waals surface area (Å²) < 4.78 is 0. The number of nitro benzene ring substituents is 1. The first-order valence-electron chi connectivity index (χ1n) is 6.00. The van der Waals surface area contributed by atoms with E-state index in [1.165, 1.54) is 0 Å². The van der Waals surface area contributed by atoms with E-state index in [2.05, 4.69) is 0 Å². The molecular weight excluding hydrogens is 260 g/mol. The smallest absolute Gasteiger partial charge is 0.294 e. The first-order valence-corrected chi connectivity index (χ1v) is 6.99. The maximum atomic E-state index is 11.2. The van der Waals surface area contributed by atoms with Crippen LogP contribution in [0, 0.1) is 10.1 Å². The van der Waals surface area contributed by atoms with Gasteiger partial charge in [0, 0.05) is 28.9 Å². The fraction of sp³-hybridized carbons (Fsp3) is 0.143. The van der Waals surface area contributed by atoms with Gasteiger partial charge in [-0.25, -0.2) is 0 Å². The second-order valence-corrected chi connectivity index (χ2v) is 5.35. The van der Waals surface area contributed by atoms with Gasteiger partial charge in [0.25, 0.3) is 5.69 Å². The van der Waals surface area contributed by atoms with Gasteiger partial charge in [-0.3, -0.25) is 10.1 Å². The summed E-state index contributed by atoms with van der Waals surface area (Å²) in [6.45, 7) is 0.784. The first-order chi connectivity index (χ1) is 9.27. The van der Waals surface area contributed by atoms with E-state index in [9.17, 15) is 10.1 Å². The van der Waals surface area contributed by atoms with Crippen molar-refractivity contribution in [2.45, 2.75) is 4.90 Å². The molecule has 0 saturated heterocycles. The standard InChI is InChI=1S/C14H12N2O2S/c17-16(18)12-7-4-8-13-14(12)15(9-10-19-13)11-5-2-1-3-6-11/h1-8H,9-10H2. The average Bonchev–Trinajstić information content (AvgIpc) is 2.46. The van der Waals surface area contributed by atoms with Crippen LogP contribution >= 0.6 is 11.8 Å². The van der Waals surface area contributed by atoms with Gasteiger partial charge >= 0.3 is 0 Å². The van der Waals surface area contributed by atoms with E-state index in [0.717, 1.165) is 28.6 Å². The molecule has 0 N–H and O–H groups in total. The molecule has 2 aromatic rings. The molecule has 5 heteroatoms. The van der Waals surface area contributed by atoms with Gasteiger partial charge in [0.15, 0.2) is 0 Å². The number of hydrogen-bond donors (Lipinski definition) is 0. The molecule has 2 aromatic carbocycles. The Hall–Kier alpha value is -2.01. The van der Waals surface area contributed by atoms with E-state index >= 15 is 0 Å². The lowest BCUT2D eigenvalue weighted by Gasteiger charge is -2.30. The van der Waals surface area contributed by atoms with Crippen molar-refractivity contribution >= 4 is 28.8 Å². The molecule has 1 aliphatic rings. The number of anilines is 2. The van der Waals surface area contributed by atoms with E-state index in [0.29, 0.717) is 0 Å². The molecule has 0 aromatic heterocycles. The van der Waals surface area contributed by atoms with E-state index in [1.54, 1.807) is 23.9 Å². The van der Waals surface area contributed by atoms with E-state index in [1.807, 2.05) is 41.3 Å². The van der Waals surface area contributed by atoms with Crippen LogP contribution in [-0.4, -0.2) is 17.2 Å². The van der Waals surface area contributed by atoms with E-state index in [4.69, 9.17) is 0 Å². The molecule has 4 nitrogen and oxygen atoms in total. The third-order valence-corrected chi connectivity index (χ3v) is 4.11. The van der Waals surface area contributed by atoms with Crippen molar-refractivity contribution in [1.82, 2.24) is 0 Å². The topological polar surface area (TPSA) is 46.4 Å².